The molecule has 0 radical (unpaired) electrons. The molecular formula is C13H18O9. The second-order valence-electron chi connectivity index (χ2n) is 4.61. The third-order valence-electron chi connectivity index (χ3n) is 2.59. The van der Waals surface area contributed by atoms with Crippen molar-refractivity contribution in [2.75, 3.05) is 6.61 Å². The fraction of sp³-hybridized carbons (Fsp3) is 0.692. The van der Waals surface area contributed by atoms with E-state index in [0.29, 0.717) is 0 Å². The first-order valence-corrected chi connectivity index (χ1v) is 6.51. The van der Waals surface area contributed by atoms with Gasteiger partial charge in [0.2, 0.25) is 12.4 Å². The first kappa shape index (κ1) is 17.9. The van der Waals surface area contributed by atoms with Crippen molar-refractivity contribution in [2.24, 2.45) is 0 Å². The van der Waals surface area contributed by atoms with Gasteiger partial charge < -0.3 is 23.7 Å². The Morgan fingerprint density at radius 1 is 0.727 bits per heavy atom. The van der Waals surface area contributed by atoms with Gasteiger partial charge in [-0.05, 0) is 0 Å². The molecule has 9 nitrogen and oxygen atoms in total. The SMILES string of the molecule is CC(=O)O[C@H]1OC[C@@H](OC(C)=O)[C@H](OC(C)=O)[C@@H]1OC(C)=O. The minimum Gasteiger partial charge on any atom is -0.456 e. The van der Waals surface area contributed by atoms with Crippen LogP contribution in [-0.2, 0) is 42.9 Å². The molecule has 0 spiro atoms. The molecule has 9 heteroatoms. The number of hydrogen-bond acceptors (Lipinski definition) is 9. The lowest BCUT2D eigenvalue weighted by molar-refractivity contribution is -0.273. The monoisotopic (exact) mass is 318 g/mol. The van der Waals surface area contributed by atoms with E-state index in [2.05, 4.69) is 0 Å². The minimum absolute atomic E-state index is 0.187. The topological polar surface area (TPSA) is 114 Å². The molecule has 1 rings (SSSR count). The van der Waals surface area contributed by atoms with Gasteiger partial charge in [-0.2, -0.15) is 0 Å². The maximum absolute atomic E-state index is 11.3. The second kappa shape index (κ2) is 7.74. The summed E-state index contributed by atoms with van der Waals surface area (Å²) >= 11 is 0. The molecule has 1 heterocycles. The number of hydrogen-bond donors (Lipinski definition) is 0. The summed E-state index contributed by atoms with van der Waals surface area (Å²) in [5, 5.41) is 0. The van der Waals surface area contributed by atoms with Crippen LogP contribution in [0.3, 0.4) is 0 Å². The standard InChI is InChI=1S/C13H18O9/c1-6(14)19-10-5-18-13(22-9(4)17)12(21-8(3)16)11(10)20-7(2)15/h10-13H,5H2,1-4H3/t10-,11+,12+,13-/m1/s1. The highest BCUT2D eigenvalue weighted by Gasteiger charge is 2.48. The predicted molar refractivity (Wildman–Crippen MR) is 68.2 cm³/mol. The highest BCUT2D eigenvalue weighted by Crippen LogP contribution is 2.25. The van der Waals surface area contributed by atoms with Crippen LogP contribution in [0.2, 0.25) is 0 Å². The first-order chi connectivity index (χ1) is 10.2. The van der Waals surface area contributed by atoms with E-state index in [1.165, 1.54) is 6.92 Å². The summed E-state index contributed by atoms with van der Waals surface area (Å²) in [4.78, 5) is 44.7. The fourth-order valence-corrected chi connectivity index (χ4v) is 1.97. The second-order valence-corrected chi connectivity index (χ2v) is 4.61. The number of rotatable bonds is 4. The van der Waals surface area contributed by atoms with Crippen LogP contribution < -0.4 is 0 Å². The third kappa shape index (κ3) is 5.32. The highest BCUT2D eigenvalue weighted by atomic mass is 16.7. The van der Waals surface area contributed by atoms with Crippen LogP contribution in [0.15, 0.2) is 0 Å². The minimum atomic E-state index is -1.27. The fourth-order valence-electron chi connectivity index (χ4n) is 1.97. The molecular weight excluding hydrogens is 300 g/mol. The Morgan fingerprint density at radius 3 is 1.64 bits per heavy atom. The van der Waals surface area contributed by atoms with E-state index in [1.54, 1.807) is 0 Å². The van der Waals surface area contributed by atoms with Crippen LogP contribution in [0, 0.1) is 0 Å². The summed E-state index contributed by atoms with van der Waals surface area (Å²) in [6, 6.07) is 0. The highest BCUT2D eigenvalue weighted by molar-refractivity contribution is 5.69. The van der Waals surface area contributed by atoms with Crippen LogP contribution in [0.25, 0.3) is 0 Å². The molecule has 0 N–H and O–H groups in total. The molecule has 0 aliphatic carbocycles. The van der Waals surface area contributed by atoms with Gasteiger partial charge in [0, 0.05) is 27.7 Å². The van der Waals surface area contributed by atoms with E-state index >= 15 is 0 Å². The molecule has 1 saturated heterocycles. The first-order valence-electron chi connectivity index (χ1n) is 6.51. The molecule has 0 bridgehead atoms. The quantitative estimate of drug-likeness (QED) is 0.509. The molecule has 124 valence electrons. The van der Waals surface area contributed by atoms with Crippen molar-refractivity contribution in [1.82, 2.24) is 0 Å². The zero-order valence-electron chi connectivity index (χ0n) is 12.7. The molecule has 1 aliphatic rings. The molecule has 22 heavy (non-hydrogen) atoms. The Kier molecular flexibility index (Phi) is 6.29. The summed E-state index contributed by atoms with van der Waals surface area (Å²) in [6.07, 6.45) is -4.65. The van der Waals surface area contributed by atoms with E-state index in [-0.39, 0.29) is 6.61 Å². The van der Waals surface area contributed by atoms with Gasteiger partial charge in [0.15, 0.2) is 12.2 Å². The summed E-state index contributed by atoms with van der Waals surface area (Å²) < 4.78 is 25.2. The van der Waals surface area contributed by atoms with E-state index in [0.717, 1.165) is 20.8 Å². The van der Waals surface area contributed by atoms with E-state index in [1.807, 2.05) is 0 Å². The Bertz CT molecular complexity index is 416. The van der Waals surface area contributed by atoms with Gasteiger partial charge in [0.05, 0.1) is 6.61 Å². The largest absolute Gasteiger partial charge is 0.456 e. The number of carbonyl (C=O) groups is 4. The summed E-state index contributed by atoms with van der Waals surface area (Å²) in [7, 11) is 0. The van der Waals surface area contributed by atoms with Crippen molar-refractivity contribution in [3.63, 3.8) is 0 Å². The van der Waals surface area contributed by atoms with Gasteiger partial charge in [0.1, 0.15) is 0 Å². The molecule has 0 aromatic heterocycles. The lowest BCUT2D eigenvalue weighted by Crippen LogP contribution is -2.58. The Balaban J connectivity index is 3.03. The van der Waals surface area contributed by atoms with E-state index < -0.39 is 48.5 Å². The van der Waals surface area contributed by atoms with Crippen molar-refractivity contribution in [3.05, 3.63) is 0 Å². The van der Waals surface area contributed by atoms with Gasteiger partial charge in [-0.1, -0.05) is 0 Å². The summed E-state index contributed by atoms with van der Waals surface area (Å²) in [5.74, 6) is -2.68. The summed E-state index contributed by atoms with van der Waals surface area (Å²) in [6.45, 7) is 4.40. The zero-order valence-corrected chi connectivity index (χ0v) is 12.7. The van der Waals surface area contributed by atoms with Gasteiger partial charge >= 0.3 is 23.9 Å². The third-order valence-corrected chi connectivity index (χ3v) is 2.59. The molecule has 0 unspecified atom stereocenters. The van der Waals surface area contributed by atoms with Gasteiger partial charge in [0.25, 0.3) is 0 Å². The van der Waals surface area contributed by atoms with Crippen LogP contribution in [-0.4, -0.2) is 55.1 Å². The maximum atomic E-state index is 11.3. The van der Waals surface area contributed by atoms with Gasteiger partial charge in [-0.25, -0.2) is 0 Å². The molecule has 0 aromatic rings. The normalized spacial score (nSPS) is 27.5. The average Bonchev–Trinajstić information content (AvgIpc) is 2.34. The van der Waals surface area contributed by atoms with Crippen LogP contribution in [0.4, 0.5) is 0 Å². The molecule has 0 aromatic carbocycles. The van der Waals surface area contributed by atoms with Crippen molar-refractivity contribution in [1.29, 1.82) is 0 Å². The molecule has 0 amide bonds. The van der Waals surface area contributed by atoms with Crippen LogP contribution in [0.1, 0.15) is 27.7 Å². The van der Waals surface area contributed by atoms with E-state index in [9.17, 15) is 19.2 Å². The molecule has 1 aliphatic heterocycles. The molecule has 4 atom stereocenters. The van der Waals surface area contributed by atoms with Crippen LogP contribution >= 0.6 is 0 Å². The van der Waals surface area contributed by atoms with Gasteiger partial charge in [-0.3, -0.25) is 19.2 Å². The predicted octanol–water partition coefficient (Wildman–Crippen LogP) is -0.299. The zero-order chi connectivity index (χ0) is 16.9. The van der Waals surface area contributed by atoms with Crippen LogP contribution in [0.5, 0.6) is 0 Å². The van der Waals surface area contributed by atoms with Crippen molar-refractivity contribution < 1.29 is 42.9 Å². The Hall–Kier alpha value is -2.16. The Labute approximate surface area is 126 Å². The van der Waals surface area contributed by atoms with Crippen molar-refractivity contribution in [3.8, 4) is 0 Å². The number of ether oxygens (including phenoxy) is 5. The smallest absolute Gasteiger partial charge is 0.305 e. The van der Waals surface area contributed by atoms with Gasteiger partial charge in [-0.15, -0.1) is 0 Å². The lowest BCUT2D eigenvalue weighted by Gasteiger charge is -2.39. The number of carbonyl (C=O) groups excluding carboxylic acids is 4. The molecule has 0 saturated carbocycles. The lowest BCUT2D eigenvalue weighted by atomic mass is 10.0. The number of esters is 4. The molecule has 1 fully saturated rings. The summed E-state index contributed by atoms with van der Waals surface area (Å²) in [5.41, 5.74) is 0. The Morgan fingerprint density at radius 2 is 1.18 bits per heavy atom. The van der Waals surface area contributed by atoms with Crippen molar-refractivity contribution in [2.45, 2.75) is 52.3 Å². The van der Waals surface area contributed by atoms with E-state index in [4.69, 9.17) is 23.7 Å². The van der Waals surface area contributed by atoms with Crippen molar-refractivity contribution >= 4 is 23.9 Å². The maximum Gasteiger partial charge on any atom is 0.305 e. The average molecular weight is 318 g/mol.